The molecule has 2 N–H and O–H groups in total. The molecule has 0 bridgehead atoms. The van der Waals surface area contributed by atoms with Gasteiger partial charge in [0.25, 0.3) is 6.47 Å². The number of aromatic nitrogens is 5. The minimum atomic E-state index is 0.0346. The lowest BCUT2D eigenvalue weighted by Gasteiger charge is -2.46. The van der Waals surface area contributed by atoms with Crippen LogP contribution in [0.2, 0.25) is 0 Å². The lowest BCUT2D eigenvalue weighted by Crippen LogP contribution is -2.60. The molecule has 1 aromatic carbocycles. The van der Waals surface area contributed by atoms with E-state index >= 15 is 0 Å². The summed E-state index contributed by atoms with van der Waals surface area (Å²) in [6.45, 7) is 9.30. The number of ether oxygens (including phenoxy) is 1. The van der Waals surface area contributed by atoms with Gasteiger partial charge in [-0.2, -0.15) is 5.10 Å². The topological polar surface area (TPSA) is 106 Å². The Balaban J connectivity index is 1.38. The van der Waals surface area contributed by atoms with Crippen molar-refractivity contribution >= 4 is 17.9 Å². The van der Waals surface area contributed by atoms with Crippen molar-refractivity contribution in [3.05, 3.63) is 55.1 Å². The molecule has 0 aliphatic carbocycles. The van der Waals surface area contributed by atoms with Gasteiger partial charge >= 0.3 is 0 Å². The van der Waals surface area contributed by atoms with Crippen LogP contribution in [0.25, 0.3) is 28.2 Å². The molecule has 4 heterocycles. The average Bonchev–Trinajstić information content (AvgIpc) is 3.26. The number of carbonyl (C=O) groups excluding carboxylic acids is 1. The molecule has 180 valence electrons. The van der Waals surface area contributed by atoms with E-state index in [1.807, 2.05) is 24.3 Å². The summed E-state index contributed by atoms with van der Waals surface area (Å²) in [5.74, 6) is 1.11. The maximum atomic E-state index is 11.2. The molecule has 5 rings (SSSR count). The van der Waals surface area contributed by atoms with Crippen LogP contribution >= 0.6 is 0 Å². The lowest BCUT2D eigenvalue weighted by atomic mass is 9.79. The highest BCUT2D eigenvalue weighted by atomic mass is 16.5. The molecule has 3 aromatic heterocycles. The van der Waals surface area contributed by atoms with E-state index in [0.29, 0.717) is 23.5 Å². The molecule has 9 heteroatoms. The Hall–Kier alpha value is -3.85. The molecule has 0 spiro atoms. The minimum absolute atomic E-state index is 0.0346. The second-order valence-electron chi connectivity index (χ2n) is 10.3. The van der Waals surface area contributed by atoms with Crippen LogP contribution in [0.1, 0.15) is 40.5 Å². The molecule has 0 saturated carbocycles. The first-order valence-electron chi connectivity index (χ1n) is 11.6. The smallest absolute Gasteiger partial charge is 0.298 e. The van der Waals surface area contributed by atoms with Crippen LogP contribution in [0, 0.1) is 0 Å². The molecule has 1 saturated heterocycles. The molecule has 1 fully saturated rings. The third kappa shape index (κ3) is 5.00. The van der Waals surface area contributed by atoms with Gasteiger partial charge in [-0.25, -0.2) is 14.5 Å². The predicted octanol–water partition coefficient (Wildman–Crippen LogP) is 4.11. The standard InChI is InChI=1S/C26H29N7O2/c1-25(2)12-18(13-26(3,4)32-25)30-23-15-28-21(14-29-23)19-6-5-17(11-22(19)35-16-34)20-7-8-24-27-9-10-33(24)31-20/h5-11,14-16,18,32H,12-13H2,1-4H3,(H,29,30). The zero-order chi connectivity index (χ0) is 24.6. The molecule has 0 amide bonds. The molecular formula is C26H29N7O2. The molecule has 4 aromatic rings. The predicted molar refractivity (Wildman–Crippen MR) is 134 cm³/mol. The molecule has 0 atom stereocenters. The molecule has 0 radical (unpaired) electrons. The molecular weight excluding hydrogens is 442 g/mol. The van der Waals surface area contributed by atoms with Crippen LogP contribution < -0.4 is 15.4 Å². The van der Waals surface area contributed by atoms with Crippen molar-refractivity contribution in [1.82, 2.24) is 29.9 Å². The van der Waals surface area contributed by atoms with Crippen molar-refractivity contribution in [2.75, 3.05) is 5.32 Å². The normalized spacial score (nSPS) is 17.3. The van der Waals surface area contributed by atoms with Crippen molar-refractivity contribution < 1.29 is 9.53 Å². The van der Waals surface area contributed by atoms with Gasteiger partial charge in [0.15, 0.2) is 5.65 Å². The van der Waals surface area contributed by atoms with E-state index < -0.39 is 0 Å². The van der Waals surface area contributed by atoms with Gasteiger partial charge < -0.3 is 15.4 Å². The highest BCUT2D eigenvalue weighted by Gasteiger charge is 2.37. The number of rotatable bonds is 6. The SMILES string of the molecule is CC1(C)CC(Nc2cnc(-c3ccc(-c4ccc5nccn5n4)cc3OC=O)cn2)CC(C)(C)N1. The van der Waals surface area contributed by atoms with Crippen molar-refractivity contribution in [3.8, 4) is 28.3 Å². The third-order valence-electron chi connectivity index (χ3n) is 6.18. The quantitative estimate of drug-likeness (QED) is 0.405. The van der Waals surface area contributed by atoms with Crippen LogP contribution in [0.15, 0.2) is 55.1 Å². The number of imidazole rings is 1. The summed E-state index contributed by atoms with van der Waals surface area (Å²) in [5, 5.41) is 11.8. The average molecular weight is 472 g/mol. The number of hydrogen-bond acceptors (Lipinski definition) is 8. The largest absolute Gasteiger partial charge is 0.428 e. The summed E-state index contributed by atoms with van der Waals surface area (Å²) in [6.07, 6.45) is 8.87. The van der Waals surface area contributed by atoms with Crippen LogP contribution in [0.3, 0.4) is 0 Å². The van der Waals surface area contributed by atoms with Crippen molar-refractivity contribution in [2.45, 2.75) is 57.7 Å². The van der Waals surface area contributed by atoms with E-state index in [9.17, 15) is 4.79 Å². The Kier molecular flexibility index (Phi) is 5.72. The Labute approximate surface area is 204 Å². The van der Waals surface area contributed by atoms with Crippen LogP contribution in [0.4, 0.5) is 5.82 Å². The summed E-state index contributed by atoms with van der Waals surface area (Å²) in [5.41, 5.74) is 3.66. The number of piperidine rings is 1. The molecule has 35 heavy (non-hydrogen) atoms. The summed E-state index contributed by atoms with van der Waals surface area (Å²) in [4.78, 5) is 24.6. The maximum absolute atomic E-state index is 11.2. The summed E-state index contributed by atoms with van der Waals surface area (Å²) in [7, 11) is 0. The van der Waals surface area contributed by atoms with E-state index in [4.69, 9.17) is 4.74 Å². The van der Waals surface area contributed by atoms with Gasteiger partial charge in [0, 0.05) is 40.6 Å². The van der Waals surface area contributed by atoms with Crippen LogP contribution in [0.5, 0.6) is 5.75 Å². The lowest BCUT2D eigenvalue weighted by molar-refractivity contribution is -0.120. The monoisotopic (exact) mass is 471 g/mol. The van der Waals surface area contributed by atoms with Crippen molar-refractivity contribution in [1.29, 1.82) is 0 Å². The first-order chi connectivity index (χ1) is 16.7. The van der Waals surface area contributed by atoms with Gasteiger partial charge in [0.05, 0.1) is 23.8 Å². The fourth-order valence-corrected chi connectivity index (χ4v) is 5.19. The number of anilines is 1. The van der Waals surface area contributed by atoms with Crippen LogP contribution in [-0.2, 0) is 4.79 Å². The van der Waals surface area contributed by atoms with Gasteiger partial charge in [0.2, 0.25) is 0 Å². The highest BCUT2D eigenvalue weighted by Crippen LogP contribution is 2.33. The number of benzene rings is 1. The van der Waals surface area contributed by atoms with E-state index in [0.717, 1.165) is 35.6 Å². The summed E-state index contributed by atoms with van der Waals surface area (Å²) in [6, 6.07) is 9.62. The Morgan fingerprint density at radius 3 is 2.54 bits per heavy atom. The molecule has 9 nitrogen and oxygen atoms in total. The first-order valence-corrected chi connectivity index (χ1v) is 11.6. The van der Waals surface area contributed by atoms with E-state index in [-0.39, 0.29) is 17.1 Å². The summed E-state index contributed by atoms with van der Waals surface area (Å²) < 4.78 is 7.01. The van der Waals surface area contributed by atoms with E-state index in [1.165, 1.54) is 0 Å². The zero-order valence-electron chi connectivity index (χ0n) is 20.3. The molecule has 1 aliphatic rings. The van der Waals surface area contributed by atoms with Crippen molar-refractivity contribution in [2.24, 2.45) is 0 Å². The fraction of sp³-hybridized carbons (Fsp3) is 0.346. The number of carbonyl (C=O) groups is 1. The molecule has 1 aliphatic heterocycles. The van der Waals surface area contributed by atoms with Gasteiger partial charge in [-0.3, -0.25) is 9.78 Å². The minimum Gasteiger partial charge on any atom is -0.428 e. The van der Waals surface area contributed by atoms with Gasteiger partial charge in [-0.1, -0.05) is 6.07 Å². The second kappa shape index (κ2) is 8.74. The van der Waals surface area contributed by atoms with Crippen molar-refractivity contribution in [3.63, 3.8) is 0 Å². The van der Waals surface area contributed by atoms with Crippen LogP contribution in [-0.4, -0.2) is 48.2 Å². The number of fused-ring (bicyclic) bond motifs is 1. The Bertz CT molecular complexity index is 1350. The third-order valence-corrected chi connectivity index (χ3v) is 6.18. The van der Waals surface area contributed by atoms with Gasteiger partial charge in [0.1, 0.15) is 11.6 Å². The zero-order valence-corrected chi connectivity index (χ0v) is 20.3. The second-order valence-corrected chi connectivity index (χ2v) is 10.3. The fourth-order valence-electron chi connectivity index (χ4n) is 5.19. The Morgan fingerprint density at radius 1 is 1.03 bits per heavy atom. The van der Waals surface area contributed by atoms with Gasteiger partial charge in [-0.15, -0.1) is 0 Å². The summed E-state index contributed by atoms with van der Waals surface area (Å²) >= 11 is 0. The number of nitrogens with one attached hydrogen (secondary N) is 2. The van der Waals surface area contributed by atoms with E-state index in [2.05, 4.69) is 58.4 Å². The maximum Gasteiger partial charge on any atom is 0.298 e. The highest BCUT2D eigenvalue weighted by molar-refractivity contribution is 5.75. The van der Waals surface area contributed by atoms with Gasteiger partial charge in [-0.05, 0) is 64.8 Å². The number of nitrogens with zero attached hydrogens (tertiary/aromatic N) is 5. The Morgan fingerprint density at radius 2 is 1.83 bits per heavy atom. The number of hydrogen-bond donors (Lipinski definition) is 2. The molecule has 0 unspecified atom stereocenters. The first kappa shape index (κ1) is 22.9. The van der Waals surface area contributed by atoms with E-state index in [1.54, 1.807) is 35.4 Å².